The molecule has 0 heterocycles. The predicted octanol–water partition coefficient (Wildman–Crippen LogP) is 1.10. The second-order valence-corrected chi connectivity index (χ2v) is 3.21. The average molecular weight is 131 g/mol. The standard InChI is InChI=1S/C6H13NS/c1-8-5-4-7-6-2-3-6/h6-7H,2-5H2,1H3. The fourth-order valence-corrected chi connectivity index (χ4v) is 0.975. The molecule has 1 aliphatic rings. The highest BCUT2D eigenvalue weighted by Crippen LogP contribution is 2.18. The van der Waals surface area contributed by atoms with Crippen LogP contribution in [0, 0.1) is 0 Å². The minimum atomic E-state index is 0.891. The Kier molecular flexibility index (Phi) is 2.70. The van der Waals surface area contributed by atoms with Gasteiger partial charge in [0.25, 0.3) is 0 Å². The molecule has 1 aliphatic carbocycles. The van der Waals surface area contributed by atoms with Gasteiger partial charge in [0.05, 0.1) is 0 Å². The SMILES string of the molecule is CSCCNC1CC1. The first kappa shape index (κ1) is 6.43. The molecule has 1 nitrogen and oxygen atoms in total. The summed E-state index contributed by atoms with van der Waals surface area (Å²) in [6, 6.07) is 0.891. The van der Waals surface area contributed by atoms with Crippen molar-refractivity contribution in [1.82, 2.24) is 5.32 Å². The summed E-state index contributed by atoms with van der Waals surface area (Å²) in [6.45, 7) is 1.20. The van der Waals surface area contributed by atoms with Crippen LogP contribution in [0.3, 0.4) is 0 Å². The van der Waals surface area contributed by atoms with Crippen molar-refractivity contribution in [2.45, 2.75) is 18.9 Å². The van der Waals surface area contributed by atoms with Gasteiger partial charge in [0, 0.05) is 18.3 Å². The van der Waals surface area contributed by atoms with Gasteiger partial charge in [-0.2, -0.15) is 11.8 Å². The highest BCUT2D eigenvalue weighted by atomic mass is 32.2. The van der Waals surface area contributed by atoms with Crippen LogP contribution in [0.2, 0.25) is 0 Å². The summed E-state index contributed by atoms with van der Waals surface area (Å²) in [6.07, 6.45) is 4.97. The summed E-state index contributed by atoms with van der Waals surface area (Å²) in [4.78, 5) is 0. The highest BCUT2D eigenvalue weighted by Gasteiger charge is 2.19. The summed E-state index contributed by atoms with van der Waals surface area (Å²) in [5.41, 5.74) is 0. The lowest BCUT2D eigenvalue weighted by atomic mass is 10.6. The molecular formula is C6H13NS. The van der Waals surface area contributed by atoms with E-state index in [1.807, 2.05) is 11.8 Å². The van der Waals surface area contributed by atoms with E-state index in [-0.39, 0.29) is 0 Å². The van der Waals surface area contributed by atoms with Crippen LogP contribution in [-0.2, 0) is 0 Å². The highest BCUT2D eigenvalue weighted by molar-refractivity contribution is 7.98. The fourth-order valence-electron chi connectivity index (χ4n) is 0.653. The number of nitrogens with one attached hydrogen (secondary N) is 1. The Morgan fingerprint density at radius 3 is 2.88 bits per heavy atom. The second kappa shape index (κ2) is 3.36. The molecule has 1 N–H and O–H groups in total. The Morgan fingerprint density at radius 2 is 2.38 bits per heavy atom. The van der Waals surface area contributed by atoms with Crippen LogP contribution in [0.25, 0.3) is 0 Å². The molecule has 0 bridgehead atoms. The van der Waals surface area contributed by atoms with Gasteiger partial charge in [-0.25, -0.2) is 0 Å². The van der Waals surface area contributed by atoms with Crippen LogP contribution < -0.4 is 5.32 Å². The smallest absolute Gasteiger partial charge is 0.00685 e. The van der Waals surface area contributed by atoms with Crippen LogP contribution >= 0.6 is 11.8 Å². The minimum absolute atomic E-state index is 0.891. The molecule has 0 amide bonds. The van der Waals surface area contributed by atoms with Crippen molar-refractivity contribution >= 4 is 11.8 Å². The molecular weight excluding hydrogens is 118 g/mol. The van der Waals surface area contributed by atoms with E-state index in [1.165, 1.54) is 25.1 Å². The van der Waals surface area contributed by atoms with E-state index in [9.17, 15) is 0 Å². The monoisotopic (exact) mass is 131 g/mol. The van der Waals surface area contributed by atoms with E-state index in [1.54, 1.807) is 0 Å². The van der Waals surface area contributed by atoms with Crippen LogP contribution in [0.1, 0.15) is 12.8 Å². The number of thioether (sulfide) groups is 1. The largest absolute Gasteiger partial charge is 0.313 e. The Labute approximate surface area is 55.2 Å². The molecule has 8 heavy (non-hydrogen) atoms. The zero-order valence-electron chi connectivity index (χ0n) is 5.31. The molecule has 1 rings (SSSR count). The summed E-state index contributed by atoms with van der Waals surface area (Å²) in [7, 11) is 0. The summed E-state index contributed by atoms with van der Waals surface area (Å²) >= 11 is 1.91. The maximum Gasteiger partial charge on any atom is 0.00685 e. The first-order valence-corrected chi connectivity index (χ1v) is 4.55. The van der Waals surface area contributed by atoms with Crippen LogP contribution in [0.4, 0.5) is 0 Å². The maximum atomic E-state index is 3.44. The van der Waals surface area contributed by atoms with Gasteiger partial charge in [0.15, 0.2) is 0 Å². The molecule has 0 aromatic rings. The van der Waals surface area contributed by atoms with Gasteiger partial charge in [-0.3, -0.25) is 0 Å². The van der Waals surface area contributed by atoms with Gasteiger partial charge < -0.3 is 5.32 Å². The molecule has 0 aromatic heterocycles. The van der Waals surface area contributed by atoms with Crippen molar-refractivity contribution in [3.8, 4) is 0 Å². The molecule has 48 valence electrons. The Morgan fingerprint density at radius 1 is 1.62 bits per heavy atom. The minimum Gasteiger partial charge on any atom is -0.313 e. The quantitative estimate of drug-likeness (QED) is 0.573. The lowest BCUT2D eigenvalue weighted by molar-refractivity contribution is 0.726. The van der Waals surface area contributed by atoms with Crippen LogP contribution in [0.15, 0.2) is 0 Å². The second-order valence-electron chi connectivity index (χ2n) is 2.22. The van der Waals surface area contributed by atoms with Crippen molar-refractivity contribution in [3.05, 3.63) is 0 Å². The van der Waals surface area contributed by atoms with Crippen LogP contribution in [0.5, 0.6) is 0 Å². The van der Waals surface area contributed by atoms with Gasteiger partial charge in [-0.1, -0.05) is 0 Å². The molecule has 0 radical (unpaired) electrons. The van der Waals surface area contributed by atoms with E-state index in [0.29, 0.717) is 0 Å². The van der Waals surface area contributed by atoms with E-state index >= 15 is 0 Å². The first-order valence-electron chi connectivity index (χ1n) is 3.16. The zero-order chi connectivity index (χ0) is 5.82. The van der Waals surface area contributed by atoms with E-state index in [0.717, 1.165) is 6.04 Å². The van der Waals surface area contributed by atoms with Crippen molar-refractivity contribution in [3.63, 3.8) is 0 Å². The van der Waals surface area contributed by atoms with Gasteiger partial charge in [-0.05, 0) is 19.1 Å². The number of hydrogen-bond donors (Lipinski definition) is 1. The number of rotatable bonds is 4. The Balaban J connectivity index is 1.74. The topological polar surface area (TPSA) is 12.0 Å². The normalized spacial score (nSPS) is 19.1. The van der Waals surface area contributed by atoms with Crippen molar-refractivity contribution < 1.29 is 0 Å². The number of hydrogen-bond acceptors (Lipinski definition) is 2. The maximum absolute atomic E-state index is 3.44. The molecule has 0 saturated heterocycles. The van der Waals surface area contributed by atoms with Crippen molar-refractivity contribution in [1.29, 1.82) is 0 Å². The fraction of sp³-hybridized carbons (Fsp3) is 1.00. The molecule has 0 aromatic carbocycles. The molecule has 0 unspecified atom stereocenters. The average Bonchev–Trinajstić information content (AvgIpc) is 2.51. The van der Waals surface area contributed by atoms with E-state index in [4.69, 9.17) is 0 Å². The van der Waals surface area contributed by atoms with Gasteiger partial charge in [0.1, 0.15) is 0 Å². The molecule has 0 spiro atoms. The lowest BCUT2D eigenvalue weighted by Gasteiger charge is -1.97. The van der Waals surface area contributed by atoms with Crippen molar-refractivity contribution in [2.24, 2.45) is 0 Å². The Hall–Kier alpha value is 0.310. The molecule has 2 heteroatoms. The van der Waals surface area contributed by atoms with E-state index in [2.05, 4.69) is 11.6 Å². The molecule has 0 atom stereocenters. The van der Waals surface area contributed by atoms with Gasteiger partial charge >= 0.3 is 0 Å². The van der Waals surface area contributed by atoms with Gasteiger partial charge in [-0.15, -0.1) is 0 Å². The Bertz CT molecular complexity index is 61.5. The summed E-state index contributed by atoms with van der Waals surface area (Å²) in [5, 5.41) is 3.44. The zero-order valence-corrected chi connectivity index (χ0v) is 6.13. The van der Waals surface area contributed by atoms with E-state index < -0.39 is 0 Å². The van der Waals surface area contributed by atoms with Gasteiger partial charge in [0.2, 0.25) is 0 Å². The third-order valence-corrected chi connectivity index (χ3v) is 1.93. The first-order chi connectivity index (χ1) is 3.93. The third-order valence-electron chi connectivity index (χ3n) is 1.32. The van der Waals surface area contributed by atoms with Crippen LogP contribution in [-0.4, -0.2) is 24.6 Å². The summed E-state index contributed by atoms with van der Waals surface area (Å²) in [5.74, 6) is 1.26. The predicted molar refractivity (Wildman–Crippen MR) is 39.4 cm³/mol. The summed E-state index contributed by atoms with van der Waals surface area (Å²) < 4.78 is 0. The third kappa shape index (κ3) is 2.58. The lowest BCUT2D eigenvalue weighted by Crippen LogP contribution is -2.18. The van der Waals surface area contributed by atoms with Crippen molar-refractivity contribution in [2.75, 3.05) is 18.6 Å². The molecule has 1 fully saturated rings. The molecule has 0 aliphatic heterocycles. The molecule has 1 saturated carbocycles.